The van der Waals surface area contributed by atoms with Crippen LogP contribution in [-0.4, -0.2) is 15.5 Å². The number of para-hydroxylation sites is 1. The second-order valence-corrected chi connectivity index (χ2v) is 6.30. The van der Waals surface area contributed by atoms with Crippen LogP contribution in [0.1, 0.15) is 5.56 Å². The van der Waals surface area contributed by atoms with Crippen molar-refractivity contribution in [3.63, 3.8) is 0 Å². The van der Waals surface area contributed by atoms with Crippen molar-refractivity contribution in [2.75, 3.05) is 11.8 Å². The van der Waals surface area contributed by atoms with E-state index in [4.69, 9.17) is 16.3 Å². The Morgan fingerprint density at radius 1 is 1.15 bits per heavy atom. The number of anilines is 1. The van der Waals surface area contributed by atoms with Crippen LogP contribution >= 0.6 is 11.6 Å². The van der Waals surface area contributed by atoms with Crippen molar-refractivity contribution in [1.82, 2.24) is 0 Å². The topological polar surface area (TPSA) is 55.4 Å². The standard InChI is InChI=1S/C14H14ClNO3S/c1-10-9-11(15)7-8-12(10)16-20(17,18)14-6-4-3-5-13(14)19-2/h3-9,16H,1-2H3. The molecule has 0 atom stereocenters. The molecule has 4 nitrogen and oxygen atoms in total. The summed E-state index contributed by atoms with van der Waals surface area (Å²) in [7, 11) is -2.28. The van der Waals surface area contributed by atoms with E-state index in [1.807, 2.05) is 0 Å². The van der Waals surface area contributed by atoms with Crippen molar-refractivity contribution in [1.29, 1.82) is 0 Å². The molecule has 0 aliphatic heterocycles. The van der Waals surface area contributed by atoms with Crippen LogP contribution in [0.4, 0.5) is 5.69 Å². The second-order valence-electron chi connectivity index (χ2n) is 4.22. The van der Waals surface area contributed by atoms with Gasteiger partial charge in [-0.2, -0.15) is 0 Å². The van der Waals surface area contributed by atoms with E-state index in [0.717, 1.165) is 5.56 Å². The van der Waals surface area contributed by atoms with E-state index in [9.17, 15) is 8.42 Å². The Kier molecular flexibility index (Phi) is 4.20. The third-order valence-corrected chi connectivity index (χ3v) is 4.43. The predicted octanol–water partition coefficient (Wildman–Crippen LogP) is 3.46. The fraction of sp³-hybridized carbons (Fsp3) is 0.143. The predicted molar refractivity (Wildman–Crippen MR) is 80.0 cm³/mol. The summed E-state index contributed by atoms with van der Waals surface area (Å²) < 4.78 is 32.4. The molecule has 0 spiro atoms. The molecule has 0 heterocycles. The first-order chi connectivity index (χ1) is 9.44. The molecule has 2 aromatic carbocycles. The van der Waals surface area contributed by atoms with Gasteiger partial charge in [-0.3, -0.25) is 4.72 Å². The quantitative estimate of drug-likeness (QED) is 0.940. The maximum atomic E-state index is 12.4. The van der Waals surface area contributed by atoms with E-state index in [1.54, 1.807) is 43.3 Å². The average Bonchev–Trinajstić information content (AvgIpc) is 2.42. The van der Waals surface area contributed by atoms with Gasteiger partial charge in [0.15, 0.2) is 0 Å². The fourth-order valence-corrected chi connectivity index (χ4v) is 3.31. The fourth-order valence-electron chi connectivity index (χ4n) is 1.78. The highest BCUT2D eigenvalue weighted by Crippen LogP contribution is 2.27. The Hall–Kier alpha value is -1.72. The molecule has 0 fully saturated rings. The first-order valence-electron chi connectivity index (χ1n) is 5.86. The van der Waals surface area contributed by atoms with Gasteiger partial charge in [0.1, 0.15) is 10.6 Å². The summed E-state index contributed by atoms with van der Waals surface area (Å²) in [6.45, 7) is 1.78. The van der Waals surface area contributed by atoms with Crippen molar-refractivity contribution in [2.24, 2.45) is 0 Å². The highest BCUT2D eigenvalue weighted by molar-refractivity contribution is 7.92. The first kappa shape index (κ1) is 14.7. The highest BCUT2D eigenvalue weighted by Gasteiger charge is 2.19. The Labute approximate surface area is 123 Å². The van der Waals surface area contributed by atoms with E-state index in [1.165, 1.54) is 13.2 Å². The Bertz CT molecular complexity index is 729. The van der Waals surface area contributed by atoms with Crippen molar-refractivity contribution in [3.05, 3.63) is 53.1 Å². The minimum atomic E-state index is -3.71. The summed E-state index contributed by atoms with van der Waals surface area (Å²) in [6, 6.07) is 11.4. The third-order valence-electron chi connectivity index (χ3n) is 2.79. The van der Waals surface area contributed by atoms with Crippen molar-refractivity contribution >= 4 is 27.3 Å². The molecule has 0 aromatic heterocycles. The average molecular weight is 312 g/mol. The van der Waals surface area contributed by atoms with Crippen molar-refractivity contribution in [2.45, 2.75) is 11.8 Å². The molecule has 106 valence electrons. The molecule has 6 heteroatoms. The smallest absolute Gasteiger partial charge is 0.265 e. The number of aryl methyl sites for hydroxylation is 1. The Balaban J connectivity index is 2.41. The normalized spacial score (nSPS) is 11.2. The zero-order valence-corrected chi connectivity index (χ0v) is 12.6. The molecule has 0 radical (unpaired) electrons. The van der Waals surface area contributed by atoms with Crippen molar-refractivity contribution < 1.29 is 13.2 Å². The van der Waals surface area contributed by atoms with Crippen LogP contribution in [0, 0.1) is 6.92 Å². The van der Waals surface area contributed by atoms with E-state index in [-0.39, 0.29) is 4.90 Å². The summed E-state index contributed by atoms with van der Waals surface area (Å²) in [6.07, 6.45) is 0. The maximum Gasteiger partial charge on any atom is 0.265 e. The lowest BCUT2D eigenvalue weighted by molar-refractivity contribution is 0.403. The first-order valence-corrected chi connectivity index (χ1v) is 7.72. The summed E-state index contributed by atoms with van der Waals surface area (Å²) >= 11 is 5.86. The van der Waals surface area contributed by atoms with E-state index < -0.39 is 10.0 Å². The van der Waals surface area contributed by atoms with Crippen LogP contribution in [0.3, 0.4) is 0 Å². The van der Waals surface area contributed by atoms with E-state index in [0.29, 0.717) is 16.5 Å². The molecule has 0 amide bonds. The maximum absolute atomic E-state index is 12.4. The Morgan fingerprint density at radius 2 is 1.85 bits per heavy atom. The minimum Gasteiger partial charge on any atom is -0.495 e. The zero-order valence-electron chi connectivity index (χ0n) is 11.1. The molecule has 0 unspecified atom stereocenters. The number of sulfonamides is 1. The van der Waals surface area contributed by atoms with E-state index in [2.05, 4.69) is 4.72 Å². The monoisotopic (exact) mass is 311 g/mol. The van der Waals surface area contributed by atoms with Gasteiger partial charge in [-0.1, -0.05) is 23.7 Å². The van der Waals surface area contributed by atoms with Crippen LogP contribution in [0.5, 0.6) is 5.75 Å². The van der Waals surface area contributed by atoms with Crippen molar-refractivity contribution in [3.8, 4) is 5.75 Å². The zero-order chi connectivity index (χ0) is 14.8. The van der Waals surface area contributed by atoms with Crippen LogP contribution in [0.25, 0.3) is 0 Å². The van der Waals surface area contributed by atoms with Gasteiger partial charge in [0.2, 0.25) is 0 Å². The van der Waals surface area contributed by atoms with Gasteiger partial charge in [-0.25, -0.2) is 8.42 Å². The molecule has 20 heavy (non-hydrogen) atoms. The number of hydrogen-bond acceptors (Lipinski definition) is 3. The number of benzene rings is 2. The van der Waals surface area contributed by atoms with Crippen LogP contribution in [0.15, 0.2) is 47.4 Å². The highest BCUT2D eigenvalue weighted by atomic mass is 35.5. The Morgan fingerprint density at radius 3 is 2.50 bits per heavy atom. The van der Waals surface area contributed by atoms with Gasteiger partial charge >= 0.3 is 0 Å². The lowest BCUT2D eigenvalue weighted by Crippen LogP contribution is -2.14. The molecule has 0 saturated carbocycles. The largest absolute Gasteiger partial charge is 0.495 e. The van der Waals surface area contributed by atoms with Crippen LogP contribution in [0.2, 0.25) is 5.02 Å². The SMILES string of the molecule is COc1ccccc1S(=O)(=O)Nc1ccc(Cl)cc1C. The van der Waals surface area contributed by atoms with Gasteiger partial charge in [0.25, 0.3) is 10.0 Å². The summed E-state index contributed by atoms with van der Waals surface area (Å²) in [5.41, 5.74) is 1.23. The van der Waals surface area contributed by atoms with Gasteiger partial charge in [0.05, 0.1) is 12.8 Å². The van der Waals surface area contributed by atoms with E-state index >= 15 is 0 Å². The van der Waals surface area contributed by atoms with Gasteiger partial charge in [-0.05, 0) is 42.8 Å². The van der Waals surface area contributed by atoms with Gasteiger partial charge < -0.3 is 4.74 Å². The van der Waals surface area contributed by atoms with Gasteiger partial charge in [-0.15, -0.1) is 0 Å². The van der Waals surface area contributed by atoms with Gasteiger partial charge in [0, 0.05) is 5.02 Å². The number of hydrogen-bond donors (Lipinski definition) is 1. The molecule has 0 aliphatic rings. The number of rotatable bonds is 4. The molecular weight excluding hydrogens is 298 g/mol. The third kappa shape index (κ3) is 3.05. The van der Waals surface area contributed by atoms with Crippen LogP contribution in [-0.2, 0) is 10.0 Å². The lowest BCUT2D eigenvalue weighted by atomic mass is 10.2. The number of nitrogens with one attached hydrogen (secondary N) is 1. The number of methoxy groups -OCH3 is 1. The second kappa shape index (κ2) is 5.73. The number of ether oxygens (including phenoxy) is 1. The lowest BCUT2D eigenvalue weighted by Gasteiger charge is -2.13. The minimum absolute atomic E-state index is 0.0943. The van der Waals surface area contributed by atoms with Crippen LogP contribution < -0.4 is 9.46 Å². The molecule has 0 saturated heterocycles. The summed E-state index contributed by atoms with van der Waals surface area (Å²) in [5, 5.41) is 0.558. The molecule has 0 aliphatic carbocycles. The molecule has 2 aromatic rings. The molecule has 1 N–H and O–H groups in total. The summed E-state index contributed by atoms with van der Waals surface area (Å²) in [5.74, 6) is 0.298. The number of halogens is 1. The molecule has 0 bridgehead atoms. The molecular formula is C14H14ClNO3S. The summed E-state index contributed by atoms with van der Waals surface area (Å²) in [4.78, 5) is 0.0943. The molecule has 2 rings (SSSR count).